The van der Waals surface area contributed by atoms with Crippen LogP contribution in [0.2, 0.25) is 0 Å². The third kappa shape index (κ3) is 4.28. The van der Waals surface area contributed by atoms with Gasteiger partial charge in [0.15, 0.2) is 0 Å². The second-order valence-electron chi connectivity index (χ2n) is 4.64. The molecule has 2 aromatic carbocycles. The quantitative estimate of drug-likeness (QED) is 0.813. The molecule has 0 radical (unpaired) electrons. The zero-order valence-corrected chi connectivity index (χ0v) is 12.0. The largest absolute Gasteiger partial charge is 0.457 e. The van der Waals surface area contributed by atoms with E-state index in [1.54, 1.807) is 7.11 Å². The maximum absolute atomic E-state index is 5.76. The van der Waals surface area contributed by atoms with Crippen molar-refractivity contribution in [1.29, 1.82) is 0 Å². The van der Waals surface area contributed by atoms with Gasteiger partial charge in [-0.1, -0.05) is 25.1 Å². The lowest BCUT2D eigenvalue weighted by atomic mass is 10.2. The molecular weight excluding hydrogens is 250 g/mol. The molecule has 0 aliphatic heterocycles. The van der Waals surface area contributed by atoms with Gasteiger partial charge in [0.1, 0.15) is 11.5 Å². The predicted molar refractivity (Wildman–Crippen MR) is 82.5 cm³/mol. The Balaban J connectivity index is 1.96. The summed E-state index contributed by atoms with van der Waals surface area (Å²) in [6, 6.07) is 18.1. The fourth-order valence-electron chi connectivity index (χ4n) is 1.94. The molecule has 1 unspecified atom stereocenters. The van der Waals surface area contributed by atoms with Crippen LogP contribution < -0.4 is 10.1 Å². The molecule has 2 aromatic rings. The highest BCUT2D eigenvalue weighted by molar-refractivity contribution is 5.47. The molecule has 0 aliphatic carbocycles. The third-order valence-corrected chi connectivity index (χ3v) is 3.06. The molecular formula is C17H21NO2. The van der Waals surface area contributed by atoms with E-state index in [-0.39, 0.29) is 0 Å². The van der Waals surface area contributed by atoms with E-state index in [1.165, 1.54) is 0 Å². The number of anilines is 1. The molecule has 0 aromatic heterocycles. The van der Waals surface area contributed by atoms with Crippen LogP contribution in [0.4, 0.5) is 5.69 Å². The number of para-hydroxylation sites is 1. The van der Waals surface area contributed by atoms with Crippen molar-refractivity contribution < 1.29 is 9.47 Å². The highest BCUT2D eigenvalue weighted by atomic mass is 16.5. The van der Waals surface area contributed by atoms with E-state index in [0.717, 1.165) is 23.6 Å². The number of hydrogen-bond acceptors (Lipinski definition) is 3. The summed E-state index contributed by atoms with van der Waals surface area (Å²) in [6.07, 6.45) is 1.02. The van der Waals surface area contributed by atoms with E-state index in [9.17, 15) is 0 Å². The molecule has 0 bridgehead atoms. The molecule has 0 spiro atoms. The van der Waals surface area contributed by atoms with Gasteiger partial charge in [-0.3, -0.25) is 0 Å². The van der Waals surface area contributed by atoms with Crippen LogP contribution in [0.1, 0.15) is 13.3 Å². The molecule has 3 heteroatoms. The lowest BCUT2D eigenvalue weighted by Gasteiger charge is -2.17. The fourth-order valence-corrected chi connectivity index (χ4v) is 1.94. The highest BCUT2D eigenvalue weighted by Crippen LogP contribution is 2.23. The summed E-state index contributed by atoms with van der Waals surface area (Å²) >= 11 is 0. The van der Waals surface area contributed by atoms with Crippen LogP contribution in [0.15, 0.2) is 54.6 Å². The number of benzene rings is 2. The van der Waals surface area contributed by atoms with Crippen molar-refractivity contribution in [2.24, 2.45) is 0 Å². The van der Waals surface area contributed by atoms with Crippen molar-refractivity contribution in [2.45, 2.75) is 19.4 Å². The second-order valence-corrected chi connectivity index (χ2v) is 4.64. The molecule has 0 amide bonds. The second kappa shape index (κ2) is 7.56. The minimum atomic E-state index is 0.334. The molecule has 2 rings (SSSR count). The van der Waals surface area contributed by atoms with Gasteiger partial charge in [0, 0.05) is 18.8 Å². The normalized spacial score (nSPS) is 11.9. The van der Waals surface area contributed by atoms with Crippen molar-refractivity contribution in [2.75, 3.05) is 19.0 Å². The lowest BCUT2D eigenvalue weighted by Crippen LogP contribution is -2.23. The average molecular weight is 271 g/mol. The van der Waals surface area contributed by atoms with Gasteiger partial charge in [-0.15, -0.1) is 0 Å². The van der Waals surface area contributed by atoms with Crippen LogP contribution in [-0.4, -0.2) is 19.8 Å². The third-order valence-electron chi connectivity index (χ3n) is 3.06. The van der Waals surface area contributed by atoms with Crippen molar-refractivity contribution in [3.63, 3.8) is 0 Å². The standard InChI is InChI=1S/C17H21NO2/c1-3-14(13-19-2)18-15-9-11-17(12-10-15)20-16-7-5-4-6-8-16/h4-12,14,18H,3,13H2,1-2H3. The van der Waals surface area contributed by atoms with E-state index in [1.807, 2.05) is 54.6 Å². The first-order valence-corrected chi connectivity index (χ1v) is 6.90. The van der Waals surface area contributed by atoms with E-state index >= 15 is 0 Å². The highest BCUT2D eigenvalue weighted by Gasteiger charge is 2.05. The Morgan fingerprint density at radius 3 is 2.20 bits per heavy atom. The molecule has 0 heterocycles. The molecule has 20 heavy (non-hydrogen) atoms. The van der Waals surface area contributed by atoms with Crippen LogP contribution in [0, 0.1) is 0 Å². The van der Waals surface area contributed by atoms with Gasteiger partial charge in [-0.05, 0) is 42.8 Å². The van der Waals surface area contributed by atoms with Gasteiger partial charge >= 0.3 is 0 Å². The summed E-state index contributed by atoms with van der Waals surface area (Å²) in [5.41, 5.74) is 1.08. The van der Waals surface area contributed by atoms with Crippen molar-refractivity contribution in [3.8, 4) is 11.5 Å². The fraction of sp³-hybridized carbons (Fsp3) is 0.294. The number of rotatable bonds is 7. The minimum Gasteiger partial charge on any atom is -0.457 e. The van der Waals surface area contributed by atoms with Gasteiger partial charge < -0.3 is 14.8 Å². The summed E-state index contributed by atoms with van der Waals surface area (Å²) in [5, 5.41) is 3.44. The van der Waals surface area contributed by atoms with E-state index in [2.05, 4.69) is 12.2 Å². The van der Waals surface area contributed by atoms with Gasteiger partial charge in [-0.25, -0.2) is 0 Å². The molecule has 106 valence electrons. The van der Waals surface area contributed by atoms with Crippen LogP contribution in [-0.2, 0) is 4.74 Å². The number of ether oxygens (including phenoxy) is 2. The van der Waals surface area contributed by atoms with E-state index in [0.29, 0.717) is 12.6 Å². The Labute approximate surface area is 120 Å². The van der Waals surface area contributed by atoms with Gasteiger partial charge in [0.2, 0.25) is 0 Å². The molecule has 0 fully saturated rings. The summed E-state index contributed by atoms with van der Waals surface area (Å²) in [7, 11) is 1.72. The van der Waals surface area contributed by atoms with E-state index < -0.39 is 0 Å². The van der Waals surface area contributed by atoms with Crippen molar-refractivity contribution in [1.82, 2.24) is 0 Å². The molecule has 0 saturated carbocycles. The molecule has 0 saturated heterocycles. The Bertz CT molecular complexity index is 496. The SMILES string of the molecule is CCC(COC)Nc1ccc(Oc2ccccc2)cc1. The Kier molecular flexibility index (Phi) is 5.44. The summed E-state index contributed by atoms with van der Waals surface area (Å²) < 4.78 is 10.9. The first-order chi connectivity index (χ1) is 9.81. The first-order valence-electron chi connectivity index (χ1n) is 6.90. The smallest absolute Gasteiger partial charge is 0.127 e. The zero-order valence-electron chi connectivity index (χ0n) is 12.0. The summed E-state index contributed by atoms with van der Waals surface area (Å²) in [5.74, 6) is 1.68. The Morgan fingerprint density at radius 1 is 0.950 bits per heavy atom. The monoisotopic (exact) mass is 271 g/mol. The van der Waals surface area contributed by atoms with Crippen LogP contribution in [0.3, 0.4) is 0 Å². The number of hydrogen-bond donors (Lipinski definition) is 1. The van der Waals surface area contributed by atoms with Crippen molar-refractivity contribution >= 4 is 5.69 Å². The van der Waals surface area contributed by atoms with Gasteiger partial charge in [0.05, 0.1) is 6.61 Å². The van der Waals surface area contributed by atoms with Crippen LogP contribution in [0.25, 0.3) is 0 Å². The Morgan fingerprint density at radius 2 is 1.60 bits per heavy atom. The van der Waals surface area contributed by atoms with Gasteiger partial charge in [0.25, 0.3) is 0 Å². The number of methoxy groups -OCH3 is 1. The summed E-state index contributed by atoms with van der Waals surface area (Å²) in [4.78, 5) is 0. The van der Waals surface area contributed by atoms with E-state index in [4.69, 9.17) is 9.47 Å². The topological polar surface area (TPSA) is 30.5 Å². The first kappa shape index (κ1) is 14.4. The van der Waals surface area contributed by atoms with Crippen LogP contribution >= 0.6 is 0 Å². The maximum atomic E-state index is 5.76. The molecule has 1 N–H and O–H groups in total. The number of nitrogens with one attached hydrogen (secondary N) is 1. The minimum absolute atomic E-state index is 0.334. The molecule has 3 nitrogen and oxygen atoms in total. The maximum Gasteiger partial charge on any atom is 0.127 e. The Hall–Kier alpha value is -2.00. The van der Waals surface area contributed by atoms with Crippen LogP contribution in [0.5, 0.6) is 11.5 Å². The average Bonchev–Trinajstić information content (AvgIpc) is 2.50. The molecule has 0 aliphatic rings. The van der Waals surface area contributed by atoms with Crippen molar-refractivity contribution in [3.05, 3.63) is 54.6 Å². The summed E-state index contributed by atoms with van der Waals surface area (Å²) in [6.45, 7) is 2.85. The molecule has 1 atom stereocenters. The zero-order chi connectivity index (χ0) is 14.2. The lowest BCUT2D eigenvalue weighted by molar-refractivity contribution is 0.184. The predicted octanol–water partition coefficient (Wildman–Crippen LogP) is 4.32. The van der Waals surface area contributed by atoms with Gasteiger partial charge in [-0.2, -0.15) is 0 Å².